The average molecular weight is 217 g/mol. The smallest absolute Gasteiger partial charge is 0.0124 e. The first-order valence-electron chi connectivity index (χ1n) is 6.58. The highest BCUT2D eigenvalue weighted by Crippen LogP contribution is 2.27. The van der Waals surface area contributed by atoms with E-state index in [9.17, 15) is 0 Å². The summed E-state index contributed by atoms with van der Waals surface area (Å²) in [7, 11) is 0. The fourth-order valence-electron chi connectivity index (χ4n) is 2.85. The third kappa shape index (κ3) is 2.65. The van der Waals surface area contributed by atoms with Gasteiger partial charge in [0.15, 0.2) is 0 Å². The van der Waals surface area contributed by atoms with E-state index < -0.39 is 0 Å². The Kier molecular flexibility index (Phi) is 4.00. The Hall–Kier alpha value is -0.820. The van der Waals surface area contributed by atoms with Crippen LogP contribution in [-0.2, 0) is 6.42 Å². The molecule has 88 valence electrons. The second-order valence-corrected chi connectivity index (χ2v) is 5.10. The summed E-state index contributed by atoms with van der Waals surface area (Å²) in [5.41, 5.74) is 1.49. The van der Waals surface area contributed by atoms with Crippen molar-refractivity contribution in [2.75, 3.05) is 6.54 Å². The van der Waals surface area contributed by atoms with Gasteiger partial charge in [0.05, 0.1) is 0 Å². The first-order valence-corrected chi connectivity index (χ1v) is 6.58. The van der Waals surface area contributed by atoms with Crippen LogP contribution in [0.5, 0.6) is 0 Å². The lowest BCUT2D eigenvalue weighted by atomic mass is 9.85. The van der Waals surface area contributed by atoms with Gasteiger partial charge < -0.3 is 5.32 Å². The molecule has 2 rings (SSSR count). The molecular formula is C15H23N. The van der Waals surface area contributed by atoms with Crippen LogP contribution in [0.15, 0.2) is 30.3 Å². The highest BCUT2D eigenvalue weighted by molar-refractivity contribution is 5.16. The van der Waals surface area contributed by atoms with Gasteiger partial charge in [-0.3, -0.25) is 0 Å². The summed E-state index contributed by atoms with van der Waals surface area (Å²) in [6, 6.07) is 11.6. The predicted molar refractivity (Wildman–Crippen MR) is 69.5 cm³/mol. The molecule has 1 aromatic carbocycles. The maximum absolute atomic E-state index is 3.68. The van der Waals surface area contributed by atoms with E-state index >= 15 is 0 Å². The van der Waals surface area contributed by atoms with E-state index in [1.807, 2.05) is 0 Å². The second-order valence-electron chi connectivity index (χ2n) is 5.10. The SMILES string of the molecule is CCC(C)C1NCCC1Cc1ccccc1. The van der Waals surface area contributed by atoms with Crippen molar-refractivity contribution in [3.05, 3.63) is 35.9 Å². The van der Waals surface area contributed by atoms with Crippen molar-refractivity contribution in [1.29, 1.82) is 0 Å². The zero-order valence-corrected chi connectivity index (χ0v) is 10.4. The molecule has 0 saturated carbocycles. The summed E-state index contributed by atoms with van der Waals surface area (Å²) >= 11 is 0. The van der Waals surface area contributed by atoms with Gasteiger partial charge in [-0.2, -0.15) is 0 Å². The molecule has 1 heterocycles. The van der Waals surface area contributed by atoms with Gasteiger partial charge in [0, 0.05) is 6.04 Å². The van der Waals surface area contributed by atoms with Gasteiger partial charge in [-0.05, 0) is 36.8 Å². The summed E-state index contributed by atoms with van der Waals surface area (Å²) < 4.78 is 0. The summed E-state index contributed by atoms with van der Waals surface area (Å²) in [6.07, 6.45) is 3.86. The second kappa shape index (κ2) is 5.49. The fourth-order valence-corrected chi connectivity index (χ4v) is 2.85. The van der Waals surface area contributed by atoms with E-state index in [1.54, 1.807) is 0 Å². The molecule has 1 saturated heterocycles. The third-order valence-corrected chi connectivity index (χ3v) is 4.00. The lowest BCUT2D eigenvalue weighted by Crippen LogP contribution is -2.34. The Balaban J connectivity index is 1.99. The number of hydrogen-bond donors (Lipinski definition) is 1. The zero-order valence-electron chi connectivity index (χ0n) is 10.4. The molecule has 0 aromatic heterocycles. The Labute approximate surface area is 99.3 Å². The lowest BCUT2D eigenvalue weighted by Gasteiger charge is -2.25. The monoisotopic (exact) mass is 217 g/mol. The minimum Gasteiger partial charge on any atom is -0.313 e. The summed E-state index contributed by atoms with van der Waals surface area (Å²) in [5, 5.41) is 3.68. The Morgan fingerprint density at radius 3 is 2.75 bits per heavy atom. The molecule has 0 aliphatic carbocycles. The molecule has 3 unspecified atom stereocenters. The van der Waals surface area contributed by atoms with Gasteiger partial charge in [0.25, 0.3) is 0 Å². The van der Waals surface area contributed by atoms with Crippen molar-refractivity contribution in [3.63, 3.8) is 0 Å². The molecule has 0 amide bonds. The largest absolute Gasteiger partial charge is 0.313 e. The predicted octanol–water partition coefficient (Wildman–Crippen LogP) is 3.25. The molecule has 3 atom stereocenters. The maximum Gasteiger partial charge on any atom is 0.0124 e. The molecule has 1 fully saturated rings. The van der Waals surface area contributed by atoms with Crippen LogP contribution in [-0.4, -0.2) is 12.6 Å². The van der Waals surface area contributed by atoms with Crippen LogP contribution in [0.25, 0.3) is 0 Å². The molecule has 0 spiro atoms. The molecular weight excluding hydrogens is 194 g/mol. The van der Waals surface area contributed by atoms with Gasteiger partial charge in [0.1, 0.15) is 0 Å². The minimum atomic E-state index is 0.727. The zero-order chi connectivity index (χ0) is 11.4. The van der Waals surface area contributed by atoms with Crippen LogP contribution in [0, 0.1) is 11.8 Å². The van der Waals surface area contributed by atoms with Gasteiger partial charge in [-0.15, -0.1) is 0 Å². The molecule has 1 N–H and O–H groups in total. The van der Waals surface area contributed by atoms with E-state index in [4.69, 9.17) is 0 Å². The van der Waals surface area contributed by atoms with E-state index in [2.05, 4.69) is 49.5 Å². The quantitative estimate of drug-likeness (QED) is 0.816. The standard InChI is InChI=1S/C15H23N/c1-3-12(2)15-14(9-10-16-15)11-13-7-5-4-6-8-13/h4-8,12,14-16H,3,9-11H2,1-2H3. The van der Waals surface area contributed by atoms with E-state index in [1.165, 1.54) is 31.4 Å². The van der Waals surface area contributed by atoms with Crippen LogP contribution >= 0.6 is 0 Å². The van der Waals surface area contributed by atoms with Crippen LogP contribution in [0.4, 0.5) is 0 Å². The highest BCUT2D eigenvalue weighted by atomic mass is 15.0. The first kappa shape index (κ1) is 11.7. The van der Waals surface area contributed by atoms with Crippen LogP contribution in [0.3, 0.4) is 0 Å². The lowest BCUT2D eigenvalue weighted by molar-refractivity contribution is 0.326. The minimum absolute atomic E-state index is 0.727. The highest BCUT2D eigenvalue weighted by Gasteiger charge is 2.29. The van der Waals surface area contributed by atoms with Crippen molar-refractivity contribution < 1.29 is 0 Å². The van der Waals surface area contributed by atoms with Gasteiger partial charge in [0.2, 0.25) is 0 Å². The van der Waals surface area contributed by atoms with Crippen molar-refractivity contribution in [3.8, 4) is 0 Å². The van der Waals surface area contributed by atoms with Crippen LogP contribution in [0.1, 0.15) is 32.3 Å². The maximum atomic E-state index is 3.68. The van der Waals surface area contributed by atoms with Crippen molar-refractivity contribution in [2.45, 2.75) is 39.2 Å². The van der Waals surface area contributed by atoms with Crippen LogP contribution < -0.4 is 5.32 Å². The third-order valence-electron chi connectivity index (χ3n) is 4.00. The topological polar surface area (TPSA) is 12.0 Å². The van der Waals surface area contributed by atoms with Crippen LogP contribution in [0.2, 0.25) is 0 Å². The van der Waals surface area contributed by atoms with Gasteiger partial charge in [-0.1, -0.05) is 50.6 Å². The normalized spacial score (nSPS) is 26.9. The Morgan fingerprint density at radius 2 is 2.06 bits per heavy atom. The Morgan fingerprint density at radius 1 is 1.31 bits per heavy atom. The average Bonchev–Trinajstić information content (AvgIpc) is 2.77. The fraction of sp³-hybridized carbons (Fsp3) is 0.600. The van der Waals surface area contributed by atoms with E-state index in [0.717, 1.165) is 17.9 Å². The molecule has 1 aromatic rings. The number of nitrogens with one attached hydrogen (secondary N) is 1. The molecule has 1 aliphatic heterocycles. The van der Waals surface area contributed by atoms with Crippen molar-refractivity contribution >= 4 is 0 Å². The molecule has 16 heavy (non-hydrogen) atoms. The molecule has 1 heteroatoms. The summed E-state index contributed by atoms with van der Waals surface area (Å²) in [4.78, 5) is 0. The molecule has 0 radical (unpaired) electrons. The summed E-state index contributed by atoms with van der Waals surface area (Å²) in [6.45, 7) is 5.87. The van der Waals surface area contributed by atoms with Gasteiger partial charge in [-0.25, -0.2) is 0 Å². The van der Waals surface area contributed by atoms with Crippen molar-refractivity contribution in [1.82, 2.24) is 5.32 Å². The Bertz CT molecular complexity index is 306. The van der Waals surface area contributed by atoms with Gasteiger partial charge >= 0.3 is 0 Å². The molecule has 0 bridgehead atoms. The summed E-state index contributed by atoms with van der Waals surface area (Å²) in [5.74, 6) is 1.63. The molecule has 1 aliphatic rings. The number of benzene rings is 1. The van der Waals surface area contributed by atoms with Crippen molar-refractivity contribution in [2.24, 2.45) is 11.8 Å². The first-order chi connectivity index (χ1) is 7.81. The van der Waals surface area contributed by atoms with E-state index in [-0.39, 0.29) is 0 Å². The molecule has 1 nitrogen and oxygen atoms in total. The van der Waals surface area contributed by atoms with E-state index in [0.29, 0.717) is 0 Å². The number of rotatable bonds is 4. The number of hydrogen-bond acceptors (Lipinski definition) is 1.